The third-order valence-corrected chi connectivity index (χ3v) is 4.28. The van der Waals surface area contributed by atoms with E-state index in [1.807, 2.05) is 0 Å². The zero-order chi connectivity index (χ0) is 17.7. The summed E-state index contributed by atoms with van der Waals surface area (Å²) in [4.78, 5) is 37.3. The van der Waals surface area contributed by atoms with Crippen molar-refractivity contribution < 1.29 is 18.8 Å². The van der Waals surface area contributed by atoms with Crippen molar-refractivity contribution in [3.63, 3.8) is 0 Å². The van der Waals surface area contributed by atoms with E-state index < -0.39 is 11.8 Å². The van der Waals surface area contributed by atoms with Crippen molar-refractivity contribution in [3.8, 4) is 0 Å². The lowest BCUT2D eigenvalue weighted by Crippen LogP contribution is -2.24. The van der Waals surface area contributed by atoms with Crippen LogP contribution in [0.15, 0.2) is 46.9 Å². The second-order valence-electron chi connectivity index (χ2n) is 5.68. The van der Waals surface area contributed by atoms with Gasteiger partial charge in [-0.3, -0.25) is 19.3 Å². The van der Waals surface area contributed by atoms with Gasteiger partial charge in [0.1, 0.15) is 5.58 Å². The van der Waals surface area contributed by atoms with Crippen LogP contribution in [0.2, 0.25) is 5.02 Å². The fourth-order valence-corrected chi connectivity index (χ4v) is 2.94. The molecule has 3 amide bonds. The van der Waals surface area contributed by atoms with Crippen LogP contribution in [0, 0.1) is 0 Å². The van der Waals surface area contributed by atoms with Crippen molar-refractivity contribution in [3.05, 3.63) is 64.4 Å². The van der Waals surface area contributed by atoms with E-state index >= 15 is 0 Å². The number of imide groups is 1. The molecule has 0 saturated carbocycles. The molecule has 124 valence electrons. The molecule has 1 aromatic heterocycles. The maximum Gasteiger partial charge on any atom is 0.291 e. The number of furan rings is 1. The Labute approximate surface area is 147 Å². The Morgan fingerprint density at radius 3 is 2.60 bits per heavy atom. The third-order valence-electron chi connectivity index (χ3n) is 4.05. The number of carbonyl (C=O) groups excluding carboxylic acids is 3. The molecular weight excluding hydrogens is 344 g/mol. The van der Waals surface area contributed by atoms with E-state index in [0.717, 1.165) is 4.90 Å². The molecule has 0 unspecified atom stereocenters. The van der Waals surface area contributed by atoms with Crippen LogP contribution >= 0.6 is 11.6 Å². The summed E-state index contributed by atoms with van der Waals surface area (Å²) >= 11 is 5.92. The Balaban J connectivity index is 1.63. The van der Waals surface area contributed by atoms with Crippen LogP contribution in [0.1, 0.15) is 31.3 Å². The van der Waals surface area contributed by atoms with Gasteiger partial charge in [-0.05, 0) is 42.5 Å². The van der Waals surface area contributed by atoms with Gasteiger partial charge in [0.2, 0.25) is 0 Å². The Kier molecular flexibility index (Phi) is 3.36. The molecule has 0 aliphatic carbocycles. The molecule has 2 aromatic carbocycles. The van der Waals surface area contributed by atoms with Crippen LogP contribution in [0.25, 0.3) is 11.0 Å². The monoisotopic (exact) mass is 354 g/mol. The normalized spacial score (nSPS) is 13.4. The fraction of sp³-hybridized carbons (Fsp3) is 0.0556. The maximum atomic E-state index is 12.4. The van der Waals surface area contributed by atoms with Gasteiger partial charge < -0.3 is 9.73 Å². The van der Waals surface area contributed by atoms with Gasteiger partial charge in [-0.1, -0.05) is 11.6 Å². The highest BCUT2D eigenvalue weighted by Gasteiger charge is 2.32. The number of halogens is 1. The molecule has 6 nitrogen and oxygen atoms in total. The highest BCUT2D eigenvalue weighted by molar-refractivity contribution is 6.31. The maximum absolute atomic E-state index is 12.4. The van der Waals surface area contributed by atoms with Crippen LogP contribution in [0.3, 0.4) is 0 Å². The first kappa shape index (κ1) is 15.4. The number of fused-ring (bicyclic) bond motifs is 2. The van der Waals surface area contributed by atoms with Crippen molar-refractivity contribution in [1.82, 2.24) is 4.90 Å². The van der Waals surface area contributed by atoms with E-state index in [-0.39, 0.29) is 17.2 Å². The van der Waals surface area contributed by atoms with Gasteiger partial charge in [-0.25, -0.2) is 0 Å². The molecule has 0 saturated heterocycles. The summed E-state index contributed by atoms with van der Waals surface area (Å²) in [6.45, 7) is 0. The summed E-state index contributed by atoms with van der Waals surface area (Å²) in [5.74, 6) is -1.09. The summed E-state index contributed by atoms with van der Waals surface area (Å²) in [5, 5.41) is 3.93. The second-order valence-corrected chi connectivity index (χ2v) is 6.11. The minimum absolute atomic E-state index is 0.122. The number of nitrogens with zero attached hydrogens (tertiary/aromatic N) is 1. The molecule has 4 rings (SSSR count). The third kappa shape index (κ3) is 2.47. The van der Waals surface area contributed by atoms with Crippen LogP contribution in [0.5, 0.6) is 0 Å². The smallest absolute Gasteiger partial charge is 0.291 e. The van der Waals surface area contributed by atoms with Gasteiger partial charge in [0.05, 0.1) is 11.1 Å². The number of anilines is 1. The second kappa shape index (κ2) is 5.46. The number of hydrogen-bond donors (Lipinski definition) is 1. The van der Waals surface area contributed by atoms with Crippen molar-refractivity contribution >= 4 is 46.0 Å². The first-order valence-electron chi connectivity index (χ1n) is 7.41. The highest BCUT2D eigenvalue weighted by Crippen LogP contribution is 2.26. The summed E-state index contributed by atoms with van der Waals surface area (Å²) in [5.41, 5.74) is 1.54. The predicted octanol–water partition coefficient (Wildman–Crippen LogP) is 3.56. The van der Waals surface area contributed by atoms with Crippen LogP contribution in [0.4, 0.5) is 5.69 Å². The topological polar surface area (TPSA) is 79.6 Å². The molecule has 1 N–H and O–H groups in total. The van der Waals surface area contributed by atoms with Gasteiger partial charge in [-0.2, -0.15) is 0 Å². The Bertz CT molecular complexity index is 1070. The highest BCUT2D eigenvalue weighted by atomic mass is 35.5. The van der Waals surface area contributed by atoms with Crippen molar-refractivity contribution in [2.24, 2.45) is 0 Å². The van der Waals surface area contributed by atoms with E-state index in [2.05, 4.69) is 5.32 Å². The zero-order valence-corrected chi connectivity index (χ0v) is 13.8. The summed E-state index contributed by atoms with van der Waals surface area (Å²) in [6.07, 6.45) is 0. The standard InChI is InChI=1S/C18H11ClN2O4/c1-21-17(23)12-4-3-11(8-13(12)18(21)24)20-16(22)15-7-9-6-10(19)2-5-14(9)25-15/h2-8H,1H3,(H,20,22). The molecule has 0 bridgehead atoms. The fourth-order valence-electron chi connectivity index (χ4n) is 2.76. The van der Waals surface area contributed by atoms with Crippen molar-refractivity contribution in [2.45, 2.75) is 0 Å². The predicted molar refractivity (Wildman–Crippen MR) is 92.0 cm³/mol. The average Bonchev–Trinajstić information content (AvgIpc) is 3.10. The molecule has 2 heterocycles. The summed E-state index contributed by atoms with van der Waals surface area (Å²) in [6, 6.07) is 11.2. The van der Waals surface area contributed by atoms with Crippen molar-refractivity contribution in [1.29, 1.82) is 0 Å². The molecule has 0 atom stereocenters. The zero-order valence-electron chi connectivity index (χ0n) is 13.0. The summed E-state index contributed by atoms with van der Waals surface area (Å²) < 4.78 is 5.50. The summed E-state index contributed by atoms with van der Waals surface area (Å²) in [7, 11) is 1.42. The molecule has 25 heavy (non-hydrogen) atoms. The molecule has 0 radical (unpaired) electrons. The molecule has 3 aromatic rings. The SMILES string of the molecule is CN1C(=O)c2ccc(NC(=O)c3cc4cc(Cl)ccc4o3)cc2C1=O. The first-order chi connectivity index (χ1) is 11.9. The van der Waals surface area contributed by atoms with E-state index in [1.165, 1.54) is 19.2 Å². The Morgan fingerprint density at radius 2 is 1.80 bits per heavy atom. The molecule has 0 fully saturated rings. The molecular formula is C18H11ClN2O4. The lowest BCUT2D eigenvalue weighted by molar-refractivity contribution is 0.0692. The quantitative estimate of drug-likeness (QED) is 0.713. The largest absolute Gasteiger partial charge is 0.451 e. The average molecular weight is 355 g/mol. The van der Waals surface area contributed by atoms with Gasteiger partial charge >= 0.3 is 0 Å². The van der Waals surface area contributed by atoms with E-state index in [9.17, 15) is 14.4 Å². The minimum atomic E-state index is -0.461. The van der Waals surface area contributed by atoms with Crippen LogP contribution < -0.4 is 5.32 Å². The van der Waals surface area contributed by atoms with Gasteiger partial charge in [0.15, 0.2) is 5.76 Å². The number of amides is 3. The number of benzene rings is 2. The number of carbonyl (C=O) groups is 3. The van der Waals surface area contributed by atoms with Crippen LogP contribution in [-0.4, -0.2) is 29.7 Å². The molecule has 1 aliphatic heterocycles. The molecule has 1 aliphatic rings. The van der Waals surface area contributed by atoms with E-state index in [0.29, 0.717) is 27.2 Å². The number of nitrogens with one attached hydrogen (secondary N) is 1. The van der Waals surface area contributed by atoms with Gasteiger partial charge in [-0.15, -0.1) is 0 Å². The lowest BCUT2D eigenvalue weighted by atomic mass is 10.1. The van der Waals surface area contributed by atoms with Crippen LogP contribution in [-0.2, 0) is 0 Å². The molecule has 0 spiro atoms. The lowest BCUT2D eigenvalue weighted by Gasteiger charge is -2.04. The number of hydrogen-bond acceptors (Lipinski definition) is 4. The van der Waals surface area contributed by atoms with E-state index in [4.69, 9.17) is 16.0 Å². The Hall–Kier alpha value is -3.12. The molecule has 7 heteroatoms. The van der Waals surface area contributed by atoms with Gasteiger partial charge in [0, 0.05) is 23.1 Å². The number of rotatable bonds is 2. The first-order valence-corrected chi connectivity index (χ1v) is 7.79. The van der Waals surface area contributed by atoms with Crippen molar-refractivity contribution in [2.75, 3.05) is 12.4 Å². The Morgan fingerprint density at radius 1 is 1.04 bits per heavy atom. The minimum Gasteiger partial charge on any atom is -0.451 e. The van der Waals surface area contributed by atoms with E-state index in [1.54, 1.807) is 30.3 Å². The van der Waals surface area contributed by atoms with Gasteiger partial charge in [0.25, 0.3) is 17.7 Å².